The Morgan fingerprint density at radius 2 is 1.52 bits per heavy atom. The van der Waals surface area contributed by atoms with Gasteiger partial charge in [-0.25, -0.2) is 15.0 Å². The highest BCUT2D eigenvalue weighted by Crippen LogP contribution is 2.32. The summed E-state index contributed by atoms with van der Waals surface area (Å²) in [6.45, 7) is 0. The van der Waals surface area contributed by atoms with Gasteiger partial charge in [0, 0.05) is 12.4 Å². The molecule has 0 saturated heterocycles. The predicted molar refractivity (Wildman–Crippen MR) is 76.2 cm³/mol. The van der Waals surface area contributed by atoms with Crippen molar-refractivity contribution >= 4 is 35.8 Å². The van der Waals surface area contributed by atoms with Gasteiger partial charge < -0.3 is 0 Å². The van der Waals surface area contributed by atoms with Crippen molar-refractivity contribution in [3.63, 3.8) is 0 Å². The fourth-order valence-electron chi connectivity index (χ4n) is 1.83. The third kappa shape index (κ3) is 3.08. The number of aromatic nitrogens is 4. The first-order valence-corrected chi connectivity index (χ1v) is 5.39. The van der Waals surface area contributed by atoms with Crippen molar-refractivity contribution < 1.29 is 13.2 Å². The van der Waals surface area contributed by atoms with Gasteiger partial charge in [0.25, 0.3) is 0 Å². The number of fused-ring (bicyclic) bond motifs is 1. The number of rotatable bonds is 1. The van der Waals surface area contributed by atoms with Crippen molar-refractivity contribution in [2.24, 2.45) is 0 Å². The molecule has 0 radical (unpaired) electrons. The molecule has 0 atom stereocenters. The van der Waals surface area contributed by atoms with Crippen molar-refractivity contribution in [1.82, 2.24) is 19.5 Å². The summed E-state index contributed by atoms with van der Waals surface area (Å²) in [6, 6.07) is 7.88. The Balaban J connectivity index is 0.00000110. The van der Waals surface area contributed by atoms with Gasteiger partial charge in [0.15, 0.2) is 0 Å². The zero-order valence-electron chi connectivity index (χ0n) is 10.3. The highest BCUT2D eigenvalue weighted by atomic mass is 35.5. The van der Waals surface area contributed by atoms with E-state index in [4.69, 9.17) is 0 Å². The van der Waals surface area contributed by atoms with Crippen LogP contribution in [0.2, 0.25) is 0 Å². The van der Waals surface area contributed by atoms with E-state index in [9.17, 15) is 13.2 Å². The molecule has 112 valence electrons. The molecule has 3 aromatic rings. The van der Waals surface area contributed by atoms with Crippen molar-refractivity contribution in [2.75, 3.05) is 0 Å². The van der Waals surface area contributed by atoms with Gasteiger partial charge in [0.05, 0.1) is 11.0 Å². The van der Waals surface area contributed by atoms with E-state index in [0.717, 1.165) is 4.57 Å². The average molecular weight is 337 g/mol. The van der Waals surface area contributed by atoms with E-state index in [1.807, 2.05) is 0 Å². The molecule has 2 heterocycles. The van der Waals surface area contributed by atoms with E-state index in [1.165, 1.54) is 24.5 Å². The lowest BCUT2D eigenvalue weighted by molar-refractivity contribution is -0.145. The largest absolute Gasteiger partial charge is 0.450 e. The standard InChI is InChI=1S/C12H7F3N4.2ClH/c13-12(14,15)10-18-8-4-1-2-5-9(8)19(10)11-16-6-3-7-17-11;;/h1-7H;2*1H. The summed E-state index contributed by atoms with van der Waals surface area (Å²) in [7, 11) is 0. The lowest BCUT2D eigenvalue weighted by Gasteiger charge is -2.09. The molecular formula is C12H9Cl2F3N4. The van der Waals surface area contributed by atoms with Gasteiger partial charge in [-0.05, 0) is 18.2 Å². The minimum absolute atomic E-state index is 0. The van der Waals surface area contributed by atoms with Crippen molar-refractivity contribution in [3.05, 3.63) is 48.5 Å². The van der Waals surface area contributed by atoms with E-state index >= 15 is 0 Å². The molecule has 9 heteroatoms. The van der Waals surface area contributed by atoms with Crippen LogP contribution in [0.15, 0.2) is 42.7 Å². The quantitative estimate of drug-likeness (QED) is 0.680. The number of hydrogen-bond acceptors (Lipinski definition) is 3. The molecule has 21 heavy (non-hydrogen) atoms. The van der Waals surface area contributed by atoms with Crippen LogP contribution < -0.4 is 0 Å². The third-order valence-corrected chi connectivity index (χ3v) is 2.57. The van der Waals surface area contributed by atoms with E-state index < -0.39 is 12.0 Å². The molecule has 0 aliphatic rings. The SMILES string of the molecule is Cl.Cl.FC(F)(F)c1nc2ccccc2n1-c1ncccn1. The Kier molecular flexibility index (Phi) is 5.14. The maximum Gasteiger partial charge on any atom is 0.450 e. The van der Waals surface area contributed by atoms with Crippen LogP contribution in [-0.4, -0.2) is 19.5 Å². The fourth-order valence-corrected chi connectivity index (χ4v) is 1.83. The molecule has 0 spiro atoms. The van der Waals surface area contributed by atoms with Crippen LogP contribution in [0.3, 0.4) is 0 Å². The summed E-state index contributed by atoms with van der Waals surface area (Å²) in [5.41, 5.74) is 0.573. The van der Waals surface area contributed by atoms with Crippen LogP contribution in [-0.2, 0) is 6.18 Å². The number of halogens is 5. The van der Waals surface area contributed by atoms with Gasteiger partial charge >= 0.3 is 6.18 Å². The van der Waals surface area contributed by atoms with Crippen LogP contribution >= 0.6 is 24.8 Å². The smallest absolute Gasteiger partial charge is 0.257 e. The van der Waals surface area contributed by atoms with Crippen molar-refractivity contribution in [2.45, 2.75) is 6.18 Å². The summed E-state index contributed by atoms with van der Waals surface area (Å²) in [5.74, 6) is -1.08. The molecule has 1 aromatic carbocycles. The van der Waals surface area contributed by atoms with Gasteiger partial charge in [0.1, 0.15) is 0 Å². The average Bonchev–Trinajstić information content (AvgIpc) is 2.79. The Morgan fingerprint density at radius 1 is 0.905 bits per heavy atom. The van der Waals surface area contributed by atoms with Gasteiger partial charge in [-0.15, -0.1) is 24.8 Å². The minimum atomic E-state index is -4.57. The second-order valence-corrected chi connectivity index (χ2v) is 3.81. The number of benzene rings is 1. The summed E-state index contributed by atoms with van der Waals surface area (Å²) in [4.78, 5) is 11.3. The monoisotopic (exact) mass is 336 g/mol. The zero-order chi connectivity index (χ0) is 13.5. The van der Waals surface area contributed by atoms with Crippen LogP contribution in [0.4, 0.5) is 13.2 Å². The maximum atomic E-state index is 13.0. The third-order valence-electron chi connectivity index (χ3n) is 2.57. The minimum Gasteiger partial charge on any atom is -0.257 e. The summed E-state index contributed by atoms with van der Waals surface area (Å²) in [6.07, 6.45) is -1.80. The Labute approximate surface area is 129 Å². The normalized spacial score (nSPS) is 10.8. The van der Waals surface area contributed by atoms with Gasteiger partial charge in [0.2, 0.25) is 11.8 Å². The molecule has 0 bridgehead atoms. The molecular weight excluding hydrogens is 328 g/mol. The van der Waals surface area contributed by atoms with E-state index in [-0.39, 0.29) is 36.3 Å². The summed E-state index contributed by atoms with van der Waals surface area (Å²) < 4.78 is 40.0. The zero-order valence-corrected chi connectivity index (χ0v) is 11.9. The molecule has 0 unspecified atom stereocenters. The molecule has 0 aliphatic heterocycles. The molecule has 0 amide bonds. The molecule has 3 rings (SSSR count). The number of imidazole rings is 1. The second kappa shape index (κ2) is 6.28. The highest BCUT2D eigenvalue weighted by molar-refractivity contribution is 5.85. The van der Waals surface area contributed by atoms with E-state index in [1.54, 1.807) is 18.2 Å². The summed E-state index contributed by atoms with van der Waals surface area (Å²) in [5, 5.41) is 0. The Bertz CT molecular complexity index is 728. The number of nitrogens with zero attached hydrogens (tertiary/aromatic N) is 4. The Morgan fingerprint density at radius 3 is 2.14 bits per heavy atom. The van der Waals surface area contributed by atoms with Crippen LogP contribution in [0.25, 0.3) is 17.0 Å². The van der Waals surface area contributed by atoms with Crippen LogP contribution in [0.1, 0.15) is 5.82 Å². The molecule has 4 nitrogen and oxygen atoms in total. The molecule has 0 fully saturated rings. The topological polar surface area (TPSA) is 43.6 Å². The molecule has 2 aromatic heterocycles. The van der Waals surface area contributed by atoms with E-state index in [0.29, 0.717) is 5.52 Å². The van der Waals surface area contributed by atoms with E-state index in [2.05, 4.69) is 15.0 Å². The number of hydrogen-bond donors (Lipinski definition) is 0. The highest BCUT2D eigenvalue weighted by Gasteiger charge is 2.38. The first-order chi connectivity index (χ1) is 9.07. The van der Waals surface area contributed by atoms with Crippen molar-refractivity contribution in [3.8, 4) is 5.95 Å². The number of alkyl halides is 3. The Hall–Kier alpha value is -1.86. The van der Waals surface area contributed by atoms with Crippen LogP contribution in [0.5, 0.6) is 0 Å². The first kappa shape index (κ1) is 17.2. The van der Waals surface area contributed by atoms with Gasteiger partial charge in [-0.1, -0.05) is 12.1 Å². The van der Waals surface area contributed by atoms with Crippen molar-refractivity contribution in [1.29, 1.82) is 0 Å². The molecule has 0 aliphatic carbocycles. The molecule has 0 saturated carbocycles. The van der Waals surface area contributed by atoms with Gasteiger partial charge in [-0.3, -0.25) is 4.57 Å². The fraction of sp³-hybridized carbons (Fsp3) is 0.0833. The lowest BCUT2D eigenvalue weighted by Crippen LogP contribution is -2.15. The van der Waals surface area contributed by atoms with Gasteiger partial charge in [-0.2, -0.15) is 13.2 Å². The van der Waals surface area contributed by atoms with Crippen LogP contribution in [0, 0.1) is 0 Å². The predicted octanol–water partition coefficient (Wildman–Crippen LogP) is 3.68. The second-order valence-electron chi connectivity index (χ2n) is 3.81. The lowest BCUT2D eigenvalue weighted by atomic mass is 10.3. The molecule has 0 N–H and O–H groups in total. The first-order valence-electron chi connectivity index (χ1n) is 5.39. The summed E-state index contributed by atoms with van der Waals surface area (Å²) >= 11 is 0. The maximum absolute atomic E-state index is 13.0. The number of para-hydroxylation sites is 2.